The molecule has 1 amide bonds. The summed E-state index contributed by atoms with van der Waals surface area (Å²) in [5, 5.41) is 3.41. The summed E-state index contributed by atoms with van der Waals surface area (Å²) in [6.07, 6.45) is 1.19. The molecule has 32 heavy (non-hydrogen) atoms. The second-order valence-electron chi connectivity index (χ2n) is 7.57. The highest BCUT2D eigenvalue weighted by atomic mass is 35.5. The quantitative estimate of drug-likeness (QED) is 0.507. The molecule has 3 atom stereocenters. The highest BCUT2D eigenvalue weighted by Gasteiger charge is 2.40. The van der Waals surface area contributed by atoms with Gasteiger partial charge in [-0.15, -0.1) is 0 Å². The molecule has 2 heterocycles. The van der Waals surface area contributed by atoms with Crippen molar-refractivity contribution < 1.29 is 23.8 Å². The number of thiocarbonyl (C=S) groups is 1. The second-order valence-corrected chi connectivity index (χ2v) is 8.33. The fourth-order valence-electron chi connectivity index (χ4n) is 3.87. The molecule has 1 N–H and O–H groups in total. The number of rotatable bonds is 6. The van der Waals surface area contributed by atoms with Crippen molar-refractivity contribution in [2.45, 2.75) is 31.5 Å². The minimum Gasteiger partial charge on any atom is -0.464 e. The largest absolute Gasteiger partial charge is 0.464 e. The van der Waals surface area contributed by atoms with Crippen molar-refractivity contribution >= 4 is 40.9 Å². The average Bonchev–Trinajstić information content (AvgIpc) is 3.42. The predicted molar refractivity (Wildman–Crippen MR) is 123 cm³/mol. The number of halogens is 1. The SMILES string of the molecule is CCOC(=O)C(NC(=O)c1ccccc1Cl)c1ccc(OC(=S)N2CC3CC2CO3)cc1. The van der Waals surface area contributed by atoms with E-state index in [1.807, 2.05) is 4.90 Å². The van der Waals surface area contributed by atoms with E-state index in [-0.39, 0.29) is 24.3 Å². The molecular formula is C23H23ClN2O5S. The maximum atomic E-state index is 12.7. The van der Waals surface area contributed by atoms with Crippen molar-refractivity contribution in [2.75, 3.05) is 19.8 Å². The fourth-order valence-corrected chi connectivity index (χ4v) is 4.41. The van der Waals surface area contributed by atoms with Gasteiger partial charge in [0.1, 0.15) is 5.75 Å². The van der Waals surface area contributed by atoms with Crippen molar-refractivity contribution in [1.29, 1.82) is 0 Å². The predicted octanol–water partition coefficient (Wildman–Crippen LogP) is 3.51. The molecule has 168 valence electrons. The second kappa shape index (κ2) is 9.85. The van der Waals surface area contributed by atoms with E-state index in [2.05, 4.69) is 5.32 Å². The van der Waals surface area contributed by atoms with Crippen LogP contribution in [0.15, 0.2) is 48.5 Å². The molecule has 4 rings (SSSR count). The number of fused-ring (bicyclic) bond motifs is 2. The van der Waals surface area contributed by atoms with Gasteiger partial charge in [0.2, 0.25) is 0 Å². The number of benzene rings is 2. The lowest BCUT2D eigenvalue weighted by atomic mass is 10.1. The molecule has 0 aromatic heterocycles. The summed E-state index contributed by atoms with van der Waals surface area (Å²) in [5.74, 6) is -0.492. The van der Waals surface area contributed by atoms with E-state index in [4.69, 9.17) is 38.0 Å². The van der Waals surface area contributed by atoms with Crippen molar-refractivity contribution in [3.8, 4) is 5.75 Å². The van der Waals surface area contributed by atoms with E-state index in [0.29, 0.717) is 28.1 Å². The summed E-state index contributed by atoms with van der Waals surface area (Å²) in [6, 6.07) is 12.7. The van der Waals surface area contributed by atoms with Crippen LogP contribution in [0, 0.1) is 0 Å². The maximum absolute atomic E-state index is 12.7. The van der Waals surface area contributed by atoms with E-state index in [1.54, 1.807) is 55.5 Å². The lowest BCUT2D eigenvalue weighted by molar-refractivity contribution is -0.145. The number of amides is 1. The number of nitrogens with zero attached hydrogens (tertiary/aromatic N) is 1. The smallest absolute Gasteiger partial charge is 0.333 e. The third kappa shape index (κ3) is 4.87. The van der Waals surface area contributed by atoms with Gasteiger partial charge in [-0.3, -0.25) is 4.79 Å². The van der Waals surface area contributed by atoms with E-state index < -0.39 is 17.9 Å². The molecule has 3 unspecified atom stereocenters. The first-order valence-electron chi connectivity index (χ1n) is 10.4. The third-order valence-corrected chi connectivity index (χ3v) is 6.12. The summed E-state index contributed by atoms with van der Waals surface area (Å²) in [6.45, 7) is 3.30. The Labute approximate surface area is 196 Å². The molecule has 2 aromatic carbocycles. The Balaban J connectivity index is 1.46. The molecule has 9 heteroatoms. The van der Waals surface area contributed by atoms with Gasteiger partial charge in [0.15, 0.2) is 6.04 Å². The van der Waals surface area contributed by atoms with E-state index in [1.165, 1.54) is 0 Å². The lowest BCUT2D eigenvalue weighted by Gasteiger charge is -2.28. The lowest BCUT2D eigenvalue weighted by Crippen LogP contribution is -2.42. The van der Waals surface area contributed by atoms with Crippen LogP contribution in [0.3, 0.4) is 0 Å². The molecule has 2 aliphatic heterocycles. The van der Waals surface area contributed by atoms with Gasteiger partial charge in [-0.1, -0.05) is 35.9 Å². The van der Waals surface area contributed by atoms with Crippen LogP contribution in [-0.4, -0.2) is 53.9 Å². The van der Waals surface area contributed by atoms with Crippen LogP contribution in [0.4, 0.5) is 0 Å². The molecular weight excluding hydrogens is 452 g/mol. The topological polar surface area (TPSA) is 77.1 Å². The van der Waals surface area contributed by atoms with Crippen molar-refractivity contribution in [3.05, 3.63) is 64.7 Å². The number of hydrogen-bond donors (Lipinski definition) is 1. The Kier molecular flexibility index (Phi) is 6.93. The monoisotopic (exact) mass is 474 g/mol. The molecule has 0 aliphatic carbocycles. The molecule has 2 aliphatic rings. The number of nitrogens with one attached hydrogen (secondary N) is 1. The van der Waals surface area contributed by atoms with Crippen LogP contribution in [0.2, 0.25) is 5.02 Å². The van der Waals surface area contributed by atoms with Gasteiger partial charge in [0, 0.05) is 6.54 Å². The highest BCUT2D eigenvalue weighted by molar-refractivity contribution is 7.80. The number of esters is 1. The van der Waals surface area contributed by atoms with Gasteiger partial charge < -0.3 is 24.4 Å². The summed E-state index contributed by atoms with van der Waals surface area (Å²) in [4.78, 5) is 27.3. The number of ether oxygens (including phenoxy) is 3. The van der Waals surface area contributed by atoms with Crippen LogP contribution in [0.25, 0.3) is 0 Å². The fraction of sp³-hybridized carbons (Fsp3) is 0.348. The number of carbonyl (C=O) groups is 2. The third-order valence-electron chi connectivity index (χ3n) is 5.47. The van der Waals surface area contributed by atoms with Gasteiger partial charge >= 0.3 is 5.97 Å². The molecule has 2 aromatic rings. The molecule has 7 nitrogen and oxygen atoms in total. The van der Waals surface area contributed by atoms with Gasteiger partial charge in [-0.2, -0.15) is 0 Å². The first-order chi connectivity index (χ1) is 15.5. The summed E-state index contributed by atoms with van der Waals surface area (Å²) in [7, 11) is 0. The minimum atomic E-state index is -0.994. The highest BCUT2D eigenvalue weighted by Crippen LogP contribution is 2.29. The number of likely N-dealkylation sites (tertiary alicyclic amines) is 1. The summed E-state index contributed by atoms with van der Waals surface area (Å²) in [5.41, 5.74) is 0.827. The first kappa shape index (κ1) is 22.5. The van der Waals surface area contributed by atoms with Gasteiger partial charge in [-0.25, -0.2) is 4.79 Å². The number of carbonyl (C=O) groups excluding carboxylic acids is 2. The summed E-state index contributed by atoms with van der Waals surface area (Å²) >= 11 is 11.6. The molecule has 2 saturated heterocycles. The molecule has 0 radical (unpaired) electrons. The van der Waals surface area contributed by atoms with Crippen molar-refractivity contribution in [2.24, 2.45) is 0 Å². The summed E-state index contributed by atoms with van der Waals surface area (Å²) < 4.78 is 16.6. The Bertz CT molecular complexity index is 1020. The van der Waals surface area contributed by atoms with E-state index >= 15 is 0 Å². The Morgan fingerprint density at radius 3 is 2.62 bits per heavy atom. The molecule has 0 saturated carbocycles. The maximum Gasteiger partial charge on any atom is 0.333 e. The van der Waals surface area contributed by atoms with Crippen LogP contribution >= 0.6 is 23.8 Å². The van der Waals surface area contributed by atoms with Crippen molar-refractivity contribution in [3.63, 3.8) is 0 Å². The zero-order valence-corrected chi connectivity index (χ0v) is 19.0. The Hall–Kier alpha value is -2.68. The van der Waals surface area contributed by atoms with E-state index in [9.17, 15) is 9.59 Å². The molecule has 2 bridgehead atoms. The first-order valence-corrected chi connectivity index (χ1v) is 11.2. The standard InChI is InChI=1S/C23H23ClN2O5S/c1-2-29-22(28)20(25-21(27)18-5-3-4-6-19(18)24)14-7-9-16(10-8-14)31-23(32)26-12-17-11-15(26)13-30-17/h3-10,15,17,20H,2,11-13H2,1H3,(H,25,27). The number of hydrogen-bond acceptors (Lipinski definition) is 6. The zero-order valence-electron chi connectivity index (χ0n) is 17.5. The van der Waals surface area contributed by atoms with Crippen LogP contribution in [0.1, 0.15) is 35.3 Å². The molecule has 0 spiro atoms. The van der Waals surface area contributed by atoms with Crippen LogP contribution in [0.5, 0.6) is 5.75 Å². The Morgan fingerprint density at radius 1 is 1.25 bits per heavy atom. The number of morpholine rings is 1. The van der Waals surface area contributed by atoms with Crippen LogP contribution in [-0.2, 0) is 14.3 Å². The van der Waals surface area contributed by atoms with Crippen molar-refractivity contribution in [1.82, 2.24) is 10.2 Å². The normalized spacial score (nSPS) is 20.0. The van der Waals surface area contributed by atoms with Crippen LogP contribution < -0.4 is 10.1 Å². The minimum absolute atomic E-state index is 0.189. The Morgan fingerprint density at radius 2 is 2.00 bits per heavy atom. The molecule has 2 fully saturated rings. The van der Waals surface area contributed by atoms with Gasteiger partial charge in [0.25, 0.3) is 11.1 Å². The van der Waals surface area contributed by atoms with E-state index in [0.717, 1.165) is 13.0 Å². The van der Waals surface area contributed by atoms with Gasteiger partial charge in [-0.05, 0) is 55.4 Å². The zero-order chi connectivity index (χ0) is 22.7. The average molecular weight is 475 g/mol. The van der Waals surface area contributed by atoms with Gasteiger partial charge in [0.05, 0.1) is 35.9 Å².